The van der Waals surface area contributed by atoms with Crippen molar-refractivity contribution in [3.8, 4) is 0 Å². The van der Waals surface area contributed by atoms with E-state index in [-0.39, 0.29) is 51.0 Å². The number of esters is 2. The Morgan fingerprint density at radius 1 is 1.03 bits per heavy atom. The lowest BCUT2D eigenvalue weighted by Gasteiger charge is -2.36. The number of ether oxygens (including phenoxy) is 2. The van der Waals surface area contributed by atoms with Crippen molar-refractivity contribution in [2.24, 2.45) is 5.92 Å². The molecule has 9 nitrogen and oxygen atoms in total. The molecule has 0 aromatic heterocycles. The van der Waals surface area contributed by atoms with Gasteiger partial charge in [0.25, 0.3) is 0 Å². The Morgan fingerprint density at radius 2 is 1.77 bits per heavy atom. The average Bonchev–Trinajstić information content (AvgIpc) is 2.96. The number of fused-ring (bicyclic) bond motifs is 1. The van der Waals surface area contributed by atoms with Gasteiger partial charge >= 0.3 is 11.9 Å². The van der Waals surface area contributed by atoms with Crippen LogP contribution in [-0.4, -0.2) is 59.1 Å². The molecule has 2 aliphatic heterocycles. The predicted molar refractivity (Wildman–Crippen MR) is 142 cm³/mol. The minimum absolute atomic E-state index is 0.00360. The number of cyclic esters (lactones) is 1. The van der Waals surface area contributed by atoms with E-state index in [1.54, 1.807) is 29.2 Å². The van der Waals surface area contributed by atoms with Crippen molar-refractivity contribution < 1.29 is 33.8 Å². The lowest BCUT2D eigenvalue weighted by Crippen LogP contribution is -2.50. The molecule has 9 heteroatoms. The quantitative estimate of drug-likeness (QED) is 0.431. The van der Waals surface area contributed by atoms with Gasteiger partial charge < -0.3 is 24.8 Å². The van der Waals surface area contributed by atoms with Crippen LogP contribution in [0.1, 0.15) is 42.4 Å². The Morgan fingerprint density at radius 3 is 2.54 bits per heavy atom. The third kappa shape index (κ3) is 7.77. The largest absolute Gasteiger partial charge is 0.463 e. The van der Waals surface area contributed by atoms with Crippen LogP contribution in [0.3, 0.4) is 0 Å². The number of nitrogens with zero attached hydrogens (tertiary/aromatic N) is 1. The van der Waals surface area contributed by atoms with E-state index in [0.717, 1.165) is 16.7 Å². The first-order valence-electron chi connectivity index (χ1n) is 13.2. The molecule has 0 fully saturated rings. The molecular formula is C30H34N2O7. The summed E-state index contributed by atoms with van der Waals surface area (Å²) < 4.78 is 10.6. The standard InChI is InChI=1S/C30H34N2O7/c33-18-25-15-22-11-7-8-13-24(22)17-32(25)27(34)16-23-12-5-2-6-14-28(35)38-20-26(31-29(23)36)30(37)39-19-21-9-3-1-4-10-21/h1-5,7-11,13,23,25-26,33H,6,12,14-20H2,(H,31,36). The molecule has 2 aromatic rings. The third-order valence-electron chi connectivity index (χ3n) is 7.02. The van der Waals surface area contributed by atoms with Gasteiger partial charge in [0.15, 0.2) is 6.04 Å². The monoisotopic (exact) mass is 534 g/mol. The highest BCUT2D eigenvalue weighted by atomic mass is 16.6. The summed E-state index contributed by atoms with van der Waals surface area (Å²) in [6.07, 6.45) is 4.80. The summed E-state index contributed by atoms with van der Waals surface area (Å²) in [4.78, 5) is 53.4. The summed E-state index contributed by atoms with van der Waals surface area (Å²) in [5, 5.41) is 12.6. The first-order chi connectivity index (χ1) is 18.9. The molecule has 2 N–H and O–H groups in total. The maximum absolute atomic E-state index is 13.4. The number of benzene rings is 2. The minimum Gasteiger partial charge on any atom is -0.463 e. The van der Waals surface area contributed by atoms with Crippen LogP contribution in [0.15, 0.2) is 66.7 Å². The zero-order chi connectivity index (χ0) is 27.6. The summed E-state index contributed by atoms with van der Waals surface area (Å²) in [5.41, 5.74) is 2.89. The van der Waals surface area contributed by atoms with Gasteiger partial charge in [0.05, 0.1) is 18.6 Å². The van der Waals surface area contributed by atoms with Gasteiger partial charge in [-0.25, -0.2) is 4.79 Å². The summed E-state index contributed by atoms with van der Waals surface area (Å²) in [7, 11) is 0. The van der Waals surface area contributed by atoms with Crippen molar-refractivity contribution in [2.75, 3.05) is 13.2 Å². The number of aliphatic hydroxyl groups excluding tert-OH is 1. The highest BCUT2D eigenvalue weighted by Gasteiger charge is 2.33. The number of aliphatic hydroxyl groups is 1. The van der Waals surface area contributed by atoms with E-state index >= 15 is 0 Å². The third-order valence-corrected chi connectivity index (χ3v) is 7.02. The maximum atomic E-state index is 13.4. The molecular weight excluding hydrogens is 500 g/mol. The fourth-order valence-corrected chi connectivity index (χ4v) is 4.77. The highest BCUT2D eigenvalue weighted by Crippen LogP contribution is 2.25. The molecule has 3 unspecified atom stereocenters. The number of nitrogens with one attached hydrogen (secondary N) is 1. The summed E-state index contributed by atoms with van der Waals surface area (Å²) in [5.74, 6) is -2.74. The van der Waals surface area contributed by atoms with E-state index in [1.807, 2.05) is 42.5 Å². The smallest absolute Gasteiger partial charge is 0.332 e. The number of hydrogen-bond donors (Lipinski definition) is 2. The Hall–Kier alpha value is -3.98. The molecule has 39 heavy (non-hydrogen) atoms. The van der Waals surface area contributed by atoms with Crippen LogP contribution in [0.5, 0.6) is 0 Å². The molecule has 2 aliphatic rings. The van der Waals surface area contributed by atoms with E-state index in [1.165, 1.54) is 0 Å². The van der Waals surface area contributed by atoms with E-state index in [0.29, 0.717) is 19.4 Å². The Labute approximate surface area is 227 Å². The zero-order valence-corrected chi connectivity index (χ0v) is 21.8. The second-order valence-electron chi connectivity index (χ2n) is 9.82. The van der Waals surface area contributed by atoms with Gasteiger partial charge in [0.2, 0.25) is 11.8 Å². The lowest BCUT2D eigenvalue weighted by molar-refractivity contribution is -0.155. The lowest BCUT2D eigenvalue weighted by atomic mass is 9.92. The second kappa shape index (κ2) is 13.7. The van der Waals surface area contributed by atoms with Crippen LogP contribution in [0.2, 0.25) is 0 Å². The van der Waals surface area contributed by atoms with Crippen molar-refractivity contribution >= 4 is 23.8 Å². The van der Waals surface area contributed by atoms with Crippen LogP contribution in [0.4, 0.5) is 0 Å². The van der Waals surface area contributed by atoms with Crippen molar-refractivity contribution in [1.82, 2.24) is 10.2 Å². The molecule has 0 saturated heterocycles. The molecule has 0 spiro atoms. The Kier molecular flexibility index (Phi) is 9.85. The normalized spacial score (nSPS) is 22.0. The van der Waals surface area contributed by atoms with E-state index in [2.05, 4.69) is 5.32 Å². The second-order valence-corrected chi connectivity index (χ2v) is 9.82. The molecule has 4 rings (SSSR count). The Bertz CT molecular complexity index is 1200. The summed E-state index contributed by atoms with van der Waals surface area (Å²) in [6.45, 7) is -0.186. The van der Waals surface area contributed by atoms with E-state index in [4.69, 9.17) is 9.47 Å². The van der Waals surface area contributed by atoms with Gasteiger partial charge in [-0.05, 0) is 36.0 Å². The van der Waals surface area contributed by atoms with Crippen molar-refractivity contribution in [3.63, 3.8) is 0 Å². The topological polar surface area (TPSA) is 122 Å². The number of hydrogen-bond acceptors (Lipinski definition) is 7. The fraction of sp³-hybridized carbons (Fsp3) is 0.400. The SMILES string of the molecule is O=C1CCC=CCC(CC(=O)N2Cc3ccccc3CC2CO)C(=O)NC(C(=O)OCc2ccccc2)CO1. The molecule has 2 amide bonds. The molecule has 0 bridgehead atoms. The fourth-order valence-electron chi connectivity index (χ4n) is 4.77. The minimum atomic E-state index is -1.21. The predicted octanol–water partition coefficient (Wildman–Crippen LogP) is 2.45. The van der Waals surface area contributed by atoms with Crippen molar-refractivity contribution in [2.45, 2.75) is 57.3 Å². The van der Waals surface area contributed by atoms with Crippen LogP contribution < -0.4 is 5.32 Å². The molecule has 3 atom stereocenters. The van der Waals surface area contributed by atoms with Gasteiger partial charge in [0.1, 0.15) is 13.2 Å². The first-order valence-corrected chi connectivity index (χ1v) is 13.2. The molecule has 206 valence electrons. The molecule has 2 aromatic carbocycles. The molecule has 0 saturated carbocycles. The van der Waals surface area contributed by atoms with Crippen LogP contribution in [0.25, 0.3) is 0 Å². The van der Waals surface area contributed by atoms with Crippen molar-refractivity contribution in [1.29, 1.82) is 0 Å². The van der Waals surface area contributed by atoms with Crippen molar-refractivity contribution in [3.05, 3.63) is 83.4 Å². The summed E-state index contributed by atoms with van der Waals surface area (Å²) >= 11 is 0. The zero-order valence-electron chi connectivity index (χ0n) is 21.8. The molecule has 0 aliphatic carbocycles. The number of carbonyl (C=O) groups is 4. The first kappa shape index (κ1) is 28.0. The van der Waals surface area contributed by atoms with Crippen LogP contribution >= 0.6 is 0 Å². The number of allylic oxidation sites excluding steroid dienone is 2. The summed E-state index contributed by atoms with van der Waals surface area (Å²) in [6, 6.07) is 15.3. The van der Waals surface area contributed by atoms with Gasteiger partial charge in [-0.15, -0.1) is 0 Å². The van der Waals surface area contributed by atoms with E-state index in [9.17, 15) is 24.3 Å². The Balaban J connectivity index is 1.46. The number of rotatable bonds is 6. The van der Waals surface area contributed by atoms with Crippen LogP contribution in [-0.2, 0) is 48.2 Å². The van der Waals surface area contributed by atoms with Gasteiger partial charge in [-0.1, -0.05) is 66.7 Å². The van der Waals surface area contributed by atoms with Gasteiger partial charge in [-0.2, -0.15) is 0 Å². The maximum Gasteiger partial charge on any atom is 0.332 e. The van der Waals surface area contributed by atoms with Crippen LogP contribution in [0, 0.1) is 5.92 Å². The average molecular weight is 535 g/mol. The number of amides is 2. The number of carbonyl (C=O) groups excluding carboxylic acids is 4. The molecule has 2 heterocycles. The molecule has 0 radical (unpaired) electrons. The van der Waals surface area contributed by atoms with Gasteiger partial charge in [-0.3, -0.25) is 14.4 Å². The van der Waals surface area contributed by atoms with Gasteiger partial charge in [0, 0.05) is 19.4 Å². The highest BCUT2D eigenvalue weighted by molar-refractivity contribution is 5.89. The van der Waals surface area contributed by atoms with E-state index < -0.39 is 29.8 Å².